The van der Waals surface area contributed by atoms with Gasteiger partial charge in [0.25, 0.3) is 0 Å². The Kier molecular flexibility index (Phi) is 7.11. The smallest absolute Gasteiger partial charge is 0.304 e. The van der Waals surface area contributed by atoms with Crippen LogP contribution in [0.1, 0.15) is 38.2 Å². The van der Waals surface area contributed by atoms with Gasteiger partial charge in [0.05, 0.1) is 6.42 Å². The van der Waals surface area contributed by atoms with Crippen LogP contribution in [0.5, 0.6) is 0 Å². The van der Waals surface area contributed by atoms with Gasteiger partial charge in [-0.3, -0.25) is 9.69 Å². The SMILES string of the molecule is CCCCCN(CCC(=O)O)Cc1cccc(F)c1. The Morgan fingerprint density at radius 2 is 2.11 bits per heavy atom. The largest absolute Gasteiger partial charge is 0.481 e. The van der Waals surface area contributed by atoms with Crippen LogP contribution in [0.3, 0.4) is 0 Å². The predicted octanol–water partition coefficient (Wildman–Crippen LogP) is 3.29. The van der Waals surface area contributed by atoms with Gasteiger partial charge in [0.1, 0.15) is 5.82 Å². The lowest BCUT2D eigenvalue weighted by Crippen LogP contribution is -2.27. The normalized spacial score (nSPS) is 10.9. The van der Waals surface area contributed by atoms with Crippen LogP contribution < -0.4 is 0 Å². The highest BCUT2D eigenvalue weighted by molar-refractivity contribution is 5.66. The second-order valence-electron chi connectivity index (χ2n) is 4.76. The number of benzene rings is 1. The van der Waals surface area contributed by atoms with E-state index in [0.29, 0.717) is 13.1 Å². The monoisotopic (exact) mass is 267 g/mol. The van der Waals surface area contributed by atoms with Crippen LogP contribution in [-0.2, 0) is 11.3 Å². The van der Waals surface area contributed by atoms with Crippen molar-refractivity contribution < 1.29 is 14.3 Å². The van der Waals surface area contributed by atoms with Gasteiger partial charge in [-0.25, -0.2) is 4.39 Å². The Morgan fingerprint density at radius 3 is 2.74 bits per heavy atom. The molecule has 19 heavy (non-hydrogen) atoms. The summed E-state index contributed by atoms with van der Waals surface area (Å²) in [5, 5.41) is 8.76. The Balaban J connectivity index is 2.53. The molecule has 0 aliphatic heterocycles. The van der Waals surface area contributed by atoms with Gasteiger partial charge in [-0.15, -0.1) is 0 Å². The zero-order chi connectivity index (χ0) is 14.1. The molecule has 0 unspecified atom stereocenters. The molecule has 0 bridgehead atoms. The molecule has 0 heterocycles. The third-order valence-corrected chi connectivity index (χ3v) is 3.02. The lowest BCUT2D eigenvalue weighted by Gasteiger charge is -2.21. The molecule has 0 saturated carbocycles. The minimum absolute atomic E-state index is 0.126. The van der Waals surface area contributed by atoms with Crippen molar-refractivity contribution in [2.75, 3.05) is 13.1 Å². The van der Waals surface area contributed by atoms with Crippen molar-refractivity contribution >= 4 is 5.97 Å². The number of rotatable bonds is 9. The number of carbonyl (C=O) groups is 1. The lowest BCUT2D eigenvalue weighted by atomic mass is 10.2. The van der Waals surface area contributed by atoms with E-state index in [-0.39, 0.29) is 12.2 Å². The average molecular weight is 267 g/mol. The van der Waals surface area contributed by atoms with Crippen LogP contribution >= 0.6 is 0 Å². The molecule has 0 spiro atoms. The summed E-state index contributed by atoms with van der Waals surface area (Å²) >= 11 is 0. The van der Waals surface area contributed by atoms with Gasteiger partial charge < -0.3 is 5.11 Å². The second-order valence-corrected chi connectivity index (χ2v) is 4.76. The molecule has 1 rings (SSSR count). The van der Waals surface area contributed by atoms with Gasteiger partial charge in [-0.1, -0.05) is 31.9 Å². The standard InChI is InChI=1S/C15H22FNO2/c1-2-3-4-9-17(10-8-15(18)19)12-13-6-5-7-14(16)11-13/h5-7,11H,2-4,8-10,12H2,1H3,(H,18,19). The number of carboxylic acid groups (broad SMARTS) is 1. The number of halogens is 1. The summed E-state index contributed by atoms with van der Waals surface area (Å²) in [5.41, 5.74) is 0.891. The van der Waals surface area contributed by atoms with Crippen LogP contribution in [0.4, 0.5) is 4.39 Å². The Labute approximate surface area is 114 Å². The molecule has 0 aromatic heterocycles. The molecule has 1 N–H and O–H groups in total. The van der Waals surface area contributed by atoms with E-state index in [2.05, 4.69) is 11.8 Å². The molecule has 4 heteroatoms. The first-order chi connectivity index (χ1) is 9.11. The third kappa shape index (κ3) is 6.91. The Hall–Kier alpha value is -1.42. The van der Waals surface area contributed by atoms with Crippen molar-refractivity contribution in [2.24, 2.45) is 0 Å². The molecule has 1 aromatic rings. The van der Waals surface area contributed by atoms with Gasteiger partial charge in [0.15, 0.2) is 0 Å². The van der Waals surface area contributed by atoms with E-state index in [0.717, 1.165) is 31.4 Å². The molecule has 0 saturated heterocycles. The number of nitrogens with zero attached hydrogens (tertiary/aromatic N) is 1. The first-order valence-electron chi connectivity index (χ1n) is 6.80. The summed E-state index contributed by atoms with van der Waals surface area (Å²) < 4.78 is 13.1. The summed E-state index contributed by atoms with van der Waals surface area (Å²) in [5.74, 6) is -1.04. The van der Waals surface area contributed by atoms with Crippen LogP contribution in [0.2, 0.25) is 0 Å². The fourth-order valence-electron chi connectivity index (χ4n) is 2.00. The molecule has 1 aromatic carbocycles. The van der Waals surface area contributed by atoms with Gasteiger partial charge in [0, 0.05) is 13.1 Å². The van der Waals surface area contributed by atoms with Crippen molar-refractivity contribution in [1.29, 1.82) is 0 Å². The quantitative estimate of drug-likeness (QED) is 0.698. The topological polar surface area (TPSA) is 40.5 Å². The lowest BCUT2D eigenvalue weighted by molar-refractivity contribution is -0.137. The first-order valence-corrected chi connectivity index (χ1v) is 6.80. The van der Waals surface area contributed by atoms with Crippen molar-refractivity contribution in [3.8, 4) is 0 Å². The number of aliphatic carboxylic acids is 1. The Bertz CT molecular complexity index is 395. The molecule has 0 amide bonds. The van der Waals surface area contributed by atoms with Crippen molar-refractivity contribution in [3.63, 3.8) is 0 Å². The number of hydrogen-bond donors (Lipinski definition) is 1. The zero-order valence-corrected chi connectivity index (χ0v) is 11.4. The van der Waals surface area contributed by atoms with E-state index in [4.69, 9.17) is 5.11 Å². The molecule has 0 aliphatic carbocycles. The summed E-state index contributed by atoms with van der Waals surface area (Å²) in [6.45, 7) is 4.11. The number of carboxylic acids is 1. The second kappa shape index (κ2) is 8.64. The fraction of sp³-hybridized carbons (Fsp3) is 0.533. The van der Waals surface area contributed by atoms with Gasteiger partial charge in [-0.2, -0.15) is 0 Å². The Morgan fingerprint density at radius 1 is 1.32 bits per heavy atom. The van der Waals surface area contributed by atoms with Gasteiger partial charge in [-0.05, 0) is 30.7 Å². The molecule has 3 nitrogen and oxygen atoms in total. The van der Waals surface area contributed by atoms with Crippen LogP contribution in [0.15, 0.2) is 24.3 Å². The molecule has 0 radical (unpaired) electrons. The van der Waals surface area contributed by atoms with E-state index in [9.17, 15) is 9.18 Å². The van der Waals surface area contributed by atoms with Crippen LogP contribution in [-0.4, -0.2) is 29.1 Å². The van der Waals surface area contributed by atoms with E-state index in [1.54, 1.807) is 6.07 Å². The summed E-state index contributed by atoms with van der Waals surface area (Å²) in [6, 6.07) is 6.48. The van der Waals surface area contributed by atoms with Gasteiger partial charge in [0.2, 0.25) is 0 Å². The zero-order valence-electron chi connectivity index (χ0n) is 11.4. The predicted molar refractivity (Wildman–Crippen MR) is 73.5 cm³/mol. The highest BCUT2D eigenvalue weighted by atomic mass is 19.1. The van der Waals surface area contributed by atoms with E-state index in [1.807, 2.05) is 6.07 Å². The minimum atomic E-state index is -0.792. The third-order valence-electron chi connectivity index (χ3n) is 3.02. The maximum Gasteiger partial charge on any atom is 0.304 e. The molecule has 106 valence electrons. The van der Waals surface area contributed by atoms with Crippen molar-refractivity contribution in [2.45, 2.75) is 39.2 Å². The van der Waals surface area contributed by atoms with Crippen LogP contribution in [0.25, 0.3) is 0 Å². The number of hydrogen-bond acceptors (Lipinski definition) is 2. The maximum absolute atomic E-state index is 13.1. The van der Waals surface area contributed by atoms with E-state index >= 15 is 0 Å². The minimum Gasteiger partial charge on any atom is -0.481 e. The molecule has 0 atom stereocenters. The van der Waals surface area contributed by atoms with Crippen LogP contribution in [0, 0.1) is 5.82 Å². The average Bonchev–Trinajstić information content (AvgIpc) is 2.36. The van der Waals surface area contributed by atoms with E-state index in [1.165, 1.54) is 12.1 Å². The molecular formula is C15H22FNO2. The fourth-order valence-corrected chi connectivity index (χ4v) is 2.00. The summed E-state index contributed by atoms with van der Waals surface area (Å²) in [7, 11) is 0. The molecule has 0 fully saturated rings. The van der Waals surface area contributed by atoms with Gasteiger partial charge >= 0.3 is 5.97 Å². The molecular weight excluding hydrogens is 245 g/mol. The highest BCUT2D eigenvalue weighted by Gasteiger charge is 2.08. The number of unbranched alkanes of at least 4 members (excludes halogenated alkanes) is 2. The molecule has 0 aliphatic rings. The van der Waals surface area contributed by atoms with Crippen molar-refractivity contribution in [3.05, 3.63) is 35.6 Å². The highest BCUT2D eigenvalue weighted by Crippen LogP contribution is 2.09. The summed E-state index contributed by atoms with van der Waals surface area (Å²) in [4.78, 5) is 12.7. The summed E-state index contributed by atoms with van der Waals surface area (Å²) in [6.07, 6.45) is 3.44. The first kappa shape index (κ1) is 15.6. The maximum atomic E-state index is 13.1. The van der Waals surface area contributed by atoms with Crippen molar-refractivity contribution in [1.82, 2.24) is 4.90 Å². The van der Waals surface area contributed by atoms with E-state index < -0.39 is 5.97 Å².